The van der Waals surface area contributed by atoms with Gasteiger partial charge in [-0.05, 0) is 62.6 Å². The van der Waals surface area contributed by atoms with Gasteiger partial charge in [-0.2, -0.15) is 4.98 Å². The lowest BCUT2D eigenvalue weighted by molar-refractivity contribution is -0.128. The first-order chi connectivity index (χ1) is 20.4. The van der Waals surface area contributed by atoms with Crippen LogP contribution in [-0.2, 0) is 11.2 Å². The highest BCUT2D eigenvalue weighted by Crippen LogP contribution is 2.34. The number of carbonyl (C=O) groups excluding carboxylic acids is 1. The number of halogens is 2. The summed E-state index contributed by atoms with van der Waals surface area (Å²) in [6, 6.07) is 7.74. The van der Waals surface area contributed by atoms with Gasteiger partial charge in [-0.15, -0.1) is 0 Å². The summed E-state index contributed by atoms with van der Waals surface area (Å²) in [6.07, 6.45) is 3.05. The minimum Gasteiger partial charge on any atom is -0.398 e. The molecule has 9 nitrogen and oxygen atoms in total. The maximum atomic E-state index is 14.8. The molecule has 0 radical (unpaired) electrons. The molecule has 0 aliphatic carbocycles. The molecule has 1 amide bonds. The number of rotatable bonds is 6. The third-order valence-electron chi connectivity index (χ3n) is 8.01. The number of aryl methyl sites for hydroxylation is 1. The highest BCUT2D eigenvalue weighted by Gasteiger charge is 2.34. The number of nitrogens with zero attached hydrogens (tertiary/aromatic N) is 6. The molecule has 11 heteroatoms. The smallest absolute Gasteiger partial charge is 0.355 e. The second-order valence-corrected chi connectivity index (χ2v) is 11.8. The molecule has 43 heavy (non-hydrogen) atoms. The summed E-state index contributed by atoms with van der Waals surface area (Å²) in [5.74, 6) is -0.203. The van der Waals surface area contributed by atoms with Crippen molar-refractivity contribution >= 4 is 40.0 Å². The molecule has 3 aromatic heterocycles. The van der Waals surface area contributed by atoms with E-state index >= 15 is 0 Å². The molecule has 5 rings (SSSR count). The number of benzene rings is 1. The Hall–Kier alpha value is -4.31. The predicted octanol–water partition coefficient (Wildman–Crippen LogP) is 5.18. The van der Waals surface area contributed by atoms with Crippen LogP contribution in [0.5, 0.6) is 0 Å². The van der Waals surface area contributed by atoms with Crippen molar-refractivity contribution in [3.8, 4) is 5.69 Å². The predicted molar refractivity (Wildman–Crippen MR) is 169 cm³/mol. The minimum absolute atomic E-state index is 0.00198. The van der Waals surface area contributed by atoms with Crippen LogP contribution in [0.3, 0.4) is 0 Å². The summed E-state index contributed by atoms with van der Waals surface area (Å²) in [5, 5.41) is 0.840. The second-order valence-electron chi connectivity index (χ2n) is 11.4. The lowest BCUT2D eigenvalue weighted by Crippen LogP contribution is -2.58. The zero-order valence-electron chi connectivity index (χ0n) is 24.9. The lowest BCUT2D eigenvalue weighted by Gasteiger charge is -2.44. The maximum Gasteiger partial charge on any atom is 0.355 e. The van der Waals surface area contributed by atoms with Gasteiger partial charge >= 0.3 is 5.69 Å². The largest absolute Gasteiger partial charge is 0.398 e. The summed E-state index contributed by atoms with van der Waals surface area (Å²) < 4.78 is 16.3. The maximum absolute atomic E-state index is 14.8. The average molecular weight is 604 g/mol. The van der Waals surface area contributed by atoms with Crippen molar-refractivity contribution in [1.82, 2.24) is 24.4 Å². The fraction of sp³-hybridized carbons (Fsp3) is 0.344. The van der Waals surface area contributed by atoms with Gasteiger partial charge < -0.3 is 15.5 Å². The molecule has 1 aliphatic rings. The molecule has 1 aromatic carbocycles. The summed E-state index contributed by atoms with van der Waals surface area (Å²) >= 11 is 6.83. The summed E-state index contributed by atoms with van der Waals surface area (Å²) in [5.41, 5.74) is 8.97. The van der Waals surface area contributed by atoms with E-state index in [-0.39, 0.29) is 46.6 Å². The first kappa shape index (κ1) is 30.2. The third kappa shape index (κ3) is 5.47. The summed E-state index contributed by atoms with van der Waals surface area (Å²) in [4.78, 5) is 44.4. The van der Waals surface area contributed by atoms with Crippen molar-refractivity contribution in [3.05, 3.63) is 93.0 Å². The normalized spacial score (nSPS) is 17.1. The Morgan fingerprint density at radius 1 is 1.21 bits per heavy atom. The molecular formula is C32H35ClFN7O2. The number of carbonyl (C=O) groups is 1. The van der Waals surface area contributed by atoms with Gasteiger partial charge in [0.25, 0.3) is 0 Å². The lowest BCUT2D eigenvalue weighted by atomic mass is 10.0. The summed E-state index contributed by atoms with van der Waals surface area (Å²) in [6.45, 7) is 14.3. The molecule has 4 heterocycles. The quantitative estimate of drug-likeness (QED) is 0.239. The number of fused-ring (bicyclic) bond motifs is 1. The van der Waals surface area contributed by atoms with Crippen molar-refractivity contribution in [2.24, 2.45) is 0 Å². The van der Waals surface area contributed by atoms with Crippen LogP contribution in [0.2, 0.25) is 5.02 Å². The van der Waals surface area contributed by atoms with E-state index in [2.05, 4.69) is 16.5 Å². The minimum atomic E-state index is -0.531. The molecule has 1 aliphatic heterocycles. The van der Waals surface area contributed by atoms with Gasteiger partial charge in [-0.3, -0.25) is 9.78 Å². The Labute approximate surface area is 254 Å². The Morgan fingerprint density at radius 3 is 2.63 bits per heavy atom. The van der Waals surface area contributed by atoms with Crippen molar-refractivity contribution in [3.63, 3.8) is 0 Å². The molecule has 2 atom stereocenters. The number of nitrogen functional groups attached to an aromatic ring is 1. The number of aromatic nitrogens is 4. The number of piperazine rings is 1. The third-order valence-corrected chi connectivity index (χ3v) is 8.34. The standard InChI is InChI=1S/C32H35ClFN7O2/c1-7-27(42)39-15-20(6)40(16-19(39)5)30-22-13-23(33)26(14-21-24(34)9-8-10-25(21)35)37-31(22)41(32(43)38-30)29-18(4)11-12-36-28(29)17(2)3/h7-13,17,19-20H,1,14-16,35H2,2-6H3/t19-,20+/m1/s1. The Kier molecular flexibility index (Phi) is 8.25. The van der Waals surface area contributed by atoms with Gasteiger partial charge in [0.05, 0.1) is 27.5 Å². The molecule has 0 bridgehead atoms. The van der Waals surface area contributed by atoms with Crippen LogP contribution in [0, 0.1) is 12.7 Å². The molecular weight excluding hydrogens is 569 g/mol. The SMILES string of the molecule is C=CC(=O)N1C[C@H](C)N(c2nc(=O)n(-c3c(C)ccnc3C(C)C)c3nc(Cc4c(N)cccc4F)c(Cl)cc23)C[C@H]1C. The fourth-order valence-electron chi connectivity index (χ4n) is 5.75. The summed E-state index contributed by atoms with van der Waals surface area (Å²) in [7, 11) is 0. The number of hydrogen-bond donors (Lipinski definition) is 1. The van der Waals surface area contributed by atoms with Crippen LogP contribution in [0.4, 0.5) is 15.9 Å². The van der Waals surface area contributed by atoms with Crippen molar-refractivity contribution in [1.29, 1.82) is 0 Å². The molecule has 0 unspecified atom stereocenters. The van der Waals surface area contributed by atoms with E-state index in [4.69, 9.17) is 22.3 Å². The fourth-order valence-corrected chi connectivity index (χ4v) is 5.97. The molecule has 2 N–H and O–H groups in total. The van der Waals surface area contributed by atoms with E-state index in [1.165, 1.54) is 16.7 Å². The van der Waals surface area contributed by atoms with Crippen LogP contribution < -0.4 is 16.3 Å². The van der Waals surface area contributed by atoms with Gasteiger partial charge in [0, 0.05) is 49.0 Å². The van der Waals surface area contributed by atoms with Gasteiger partial charge in [0.1, 0.15) is 11.6 Å². The molecule has 0 spiro atoms. The Balaban J connectivity index is 1.78. The zero-order valence-corrected chi connectivity index (χ0v) is 25.7. The average Bonchev–Trinajstić information content (AvgIpc) is 2.96. The molecule has 1 fully saturated rings. The van der Waals surface area contributed by atoms with Gasteiger partial charge in [0.15, 0.2) is 5.65 Å². The van der Waals surface area contributed by atoms with E-state index in [9.17, 15) is 14.0 Å². The van der Waals surface area contributed by atoms with Crippen molar-refractivity contribution in [2.75, 3.05) is 23.7 Å². The van der Waals surface area contributed by atoms with Crippen LogP contribution in [-0.4, -0.2) is 55.5 Å². The van der Waals surface area contributed by atoms with Gasteiger partial charge in [-0.25, -0.2) is 18.7 Å². The number of pyridine rings is 2. The highest BCUT2D eigenvalue weighted by atomic mass is 35.5. The number of hydrogen-bond acceptors (Lipinski definition) is 7. The molecule has 224 valence electrons. The first-order valence-corrected chi connectivity index (χ1v) is 14.6. The van der Waals surface area contributed by atoms with Gasteiger partial charge in [0.2, 0.25) is 5.91 Å². The van der Waals surface area contributed by atoms with Gasteiger partial charge in [-0.1, -0.05) is 38.1 Å². The second kappa shape index (κ2) is 11.8. The van der Waals surface area contributed by atoms with E-state index in [0.29, 0.717) is 47.0 Å². The first-order valence-electron chi connectivity index (χ1n) is 14.2. The van der Waals surface area contributed by atoms with Crippen LogP contribution in [0.15, 0.2) is 54.0 Å². The van der Waals surface area contributed by atoms with E-state index in [0.717, 1.165) is 5.56 Å². The Bertz CT molecular complexity index is 1790. The monoisotopic (exact) mass is 603 g/mol. The van der Waals surface area contributed by atoms with Crippen molar-refractivity contribution < 1.29 is 9.18 Å². The van der Waals surface area contributed by atoms with Crippen LogP contribution in [0.1, 0.15) is 56.1 Å². The zero-order chi connectivity index (χ0) is 31.2. The molecule has 1 saturated heterocycles. The van der Waals surface area contributed by atoms with Crippen LogP contribution in [0.25, 0.3) is 16.7 Å². The molecule has 4 aromatic rings. The van der Waals surface area contributed by atoms with E-state index in [1.54, 1.807) is 29.3 Å². The number of anilines is 2. The van der Waals surface area contributed by atoms with E-state index < -0.39 is 11.5 Å². The number of nitrogens with two attached hydrogens (primary N) is 1. The van der Waals surface area contributed by atoms with E-state index in [1.807, 2.05) is 45.6 Å². The number of amides is 1. The topological polar surface area (TPSA) is 110 Å². The Morgan fingerprint density at radius 2 is 1.95 bits per heavy atom. The van der Waals surface area contributed by atoms with Crippen LogP contribution >= 0.6 is 11.6 Å². The molecule has 0 saturated carbocycles. The highest BCUT2D eigenvalue weighted by molar-refractivity contribution is 6.32. The van der Waals surface area contributed by atoms with Crippen molar-refractivity contribution in [2.45, 2.75) is 59.0 Å².